The molecule has 2 aromatic heterocycles. The zero-order chi connectivity index (χ0) is 29.5. The normalized spacial score (nSPS) is 13.9. The van der Waals surface area contributed by atoms with Crippen LogP contribution < -0.4 is 16.0 Å². The number of nitrogens with zero attached hydrogens (tertiary/aromatic N) is 1. The molecule has 2 amide bonds. The number of fused-ring (bicyclic) bond motifs is 3. The van der Waals surface area contributed by atoms with E-state index in [1.165, 1.54) is 35.2 Å². The third-order valence-corrected chi connectivity index (χ3v) is 7.73. The summed E-state index contributed by atoms with van der Waals surface area (Å²) >= 11 is 0. The van der Waals surface area contributed by atoms with E-state index in [0.717, 1.165) is 60.6 Å². The number of unbranched alkanes of at least 4 members (excludes halogenated alkanes) is 2. The fourth-order valence-corrected chi connectivity index (χ4v) is 5.73. The van der Waals surface area contributed by atoms with E-state index < -0.39 is 17.7 Å². The summed E-state index contributed by atoms with van der Waals surface area (Å²) in [7, 11) is 0. The Bertz CT molecular complexity index is 1540. The van der Waals surface area contributed by atoms with E-state index in [2.05, 4.69) is 45.2 Å². The molecular formula is C34H43N5O3. The van der Waals surface area contributed by atoms with Crippen molar-refractivity contribution in [2.45, 2.75) is 83.8 Å². The number of anilines is 1. The number of aryl methyl sites for hydroxylation is 1. The molecule has 2 aromatic carbocycles. The van der Waals surface area contributed by atoms with Crippen molar-refractivity contribution in [3.8, 4) is 0 Å². The number of alkyl carbamates (subject to hydrolysis) is 1. The molecule has 8 nitrogen and oxygen atoms in total. The molecule has 0 saturated heterocycles. The number of hydrogen-bond acceptors (Lipinski definition) is 5. The minimum atomic E-state index is -0.744. The summed E-state index contributed by atoms with van der Waals surface area (Å²) in [5.41, 5.74) is 6.25. The lowest BCUT2D eigenvalue weighted by atomic mass is 9.92. The molecule has 0 spiro atoms. The second kappa shape index (κ2) is 13.3. The van der Waals surface area contributed by atoms with Gasteiger partial charge >= 0.3 is 6.09 Å². The Morgan fingerprint density at radius 1 is 0.952 bits per heavy atom. The summed E-state index contributed by atoms with van der Waals surface area (Å²) < 4.78 is 5.44. The first-order chi connectivity index (χ1) is 20.3. The monoisotopic (exact) mass is 569 g/mol. The first kappa shape index (κ1) is 29.4. The Kier molecular flexibility index (Phi) is 9.30. The molecule has 0 fully saturated rings. The molecular weight excluding hydrogens is 526 g/mol. The zero-order valence-electron chi connectivity index (χ0n) is 25.0. The van der Waals surface area contributed by atoms with Gasteiger partial charge in [0.1, 0.15) is 11.6 Å². The molecule has 8 heteroatoms. The number of carbonyl (C=O) groups is 2. The smallest absolute Gasteiger partial charge is 0.408 e. The molecule has 0 aliphatic heterocycles. The van der Waals surface area contributed by atoms with Crippen molar-refractivity contribution in [1.29, 1.82) is 0 Å². The molecule has 4 N–H and O–H groups in total. The van der Waals surface area contributed by atoms with Gasteiger partial charge < -0.3 is 25.7 Å². The maximum atomic E-state index is 13.2. The van der Waals surface area contributed by atoms with Crippen LogP contribution in [-0.4, -0.2) is 46.7 Å². The van der Waals surface area contributed by atoms with Crippen molar-refractivity contribution >= 4 is 39.5 Å². The lowest BCUT2D eigenvalue weighted by molar-refractivity contribution is -0.123. The Morgan fingerprint density at radius 2 is 1.69 bits per heavy atom. The lowest BCUT2D eigenvalue weighted by Crippen LogP contribution is -2.49. The first-order valence-electron chi connectivity index (χ1n) is 15.2. The second-order valence-electron chi connectivity index (χ2n) is 12.2. The summed E-state index contributed by atoms with van der Waals surface area (Å²) in [6.07, 6.45) is 9.05. The van der Waals surface area contributed by atoms with Crippen LogP contribution in [0.5, 0.6) is 0 Å². The zero-order valence-corrected chi connectivity index (χ0v) is 25.0. The molecule has 0 radical (unpaired) electrons. The van der Waals surface area contributed by atoms with Gasteiger partial charge in [0.15, 0.2) is 0 Å². The number of H-pyrrole nitrogens is 1. The predicted molar refractivity (Wildman–Crippen MR) is 169 cm³/mol. The number of ether oxygens (including phenoxy) is 1. The van der Waals surface area contributed by atoms with Gasteiger partial charge in [0.2, 0.25) is 5.91 Å². The highest BCUT2D eigenvalue weighted by molar-refractivity contribution is 5.93. The molecule has 5 rings (SSSR count). The molecule has 42 heavy (non-hydrogen) atoms. The summed E-state index contributed by atoms with van der Waals surface area (Å²) in [5, 5.41) is 11.8. The van der Waals surface area contributed by atoms with Gasteiger partial charge in [-0.25, -0.2) is 4.79 Å². The molecule has 0 saturated carbocycles. The van der Waals surface area contributed by atoms with Crippen molar-refractivity contribution in [3.05, 3.63) is 71.5 Å². The number of aromatic nitrogens is 2. The highest BCUT2D eigenvalue weighted by Crippen LogP contribution is 2.33. The molecule has 1 aliphatic rings. The Morgan fingerprint density at radius 3 is 2.52 bits per heavy atom. The van der Waals surface area contributed by atoms with Crippen molar-refractivity contribution in [3.63, 3.8) is 0 Å². The van der Waals surface area contributed by atoms with Crippen LogP contribution in [0.2, 0.25) is 0 Å². The largest absolute Gasteiger partial charge is 0.444 e. The SMILES string of the molecule is CC(C)(C)OC(=O)N[C@@H](Cc1c[nH]c2ccccc12)C(=O)NCCCCCNc1c2c(nc3ccccc13)CCCC2. The standard InChI is InChI=1S/C34H43N5O3/c1-34(2,3)42-33(41)39-30(21-23-22-37-27-16-8-5-13-24(23)27)32(40)36-20-12-4-11-19-35-31-25-14-6-9-17-28(25)38-29-18-10-7-15-26(29)31/h5-6,8-9,13-14,16-17,22,30,37H,4,7,10-12,15,18-21H2,1-3H3,(H,35,38)(H,36,40)(H,39,41)/t30-/m0/s1. The molecule has 0 bridgehead atoms. The molecule has 1 atom stereocenters. The quantitative estimate of drug-likeness (QED) is 0.156. The fourth-order valence-electron chi connectivity index (χ4n) is 5.73. The van der Waals surface area contributed by atoms with E-state index in [0.29, 0.717) is 13.0 Å². The molecule has 0 unspecified atom stereocenters. The number of rotatable bonds is 11. The minimum Gasteiger partial charge on any atom is -0.444 e. The number of carbonyl (C=O) groups excluding carboxylic acids is 2. The summed E-state index contributed by atoms with van der Waals surface area (Å²) in [6.45, 7) is 6.84. The van der Waals surface area contributed by atoms with Crippen LogP contribution in [0.3, 0.4) is 0 Å². The molecule has 222 valence electrons. The Labute approximate surface area is 248 Å². The third kappa shape index (κ3) is 7.41. The van der Waals surface area contributed by atoms with E-state index in [1.54, 1.807) is 0 Å². The van der Waals surface area contributed by atoms with Gasteiger partial charge in [-0.2, -0.15) is 0 Å². The number of nitrogens with one attached hydrogen (secondary N) is 4. The van der Waals surface area contributed by atoms with Crippen molar-refractivity contribution in [2.75, 3.05) is 18.4 Å². The number of amides is 2. The van der Waals surface area contributed by atoms with E-state index >= 15 is 0 Å². The number of benzene rings is 2. The highest BCUT2D eigenvalue weighted by Gasteiger charge is 2.25. The second-order valence-corrected chi connectivity index (χ2v) is 12.2. The maximum absolute atomic E-state index is 13.2. The van der Waals surface area contributed by atoms with Crippen LogP contribution in [0.4, 0.5) is 10.5 Å². The van der Waals surface area contributed by atoms with Gasteiger partial charge in [0.25, 0.3) is 0 Å². The van der Waals surface area contributed by atoms with Crippen molar-refractivity contribution < 1.29 is 14.3 Å². The van der Waals surface area contributed by atoms with Gasteiger partial charge in [-0.1, -0.05) is 36.4 Å². The highest BCUT2D eigenvalue weighted by atomic mass is 16.6. The Balaban J connectivity index is 1.13. The number of hydrogen-bond donors (Lipinski definition) is 4. The molecule has 4 aromatic rings. The topological polar surface area (TPSA) is 108 Å². The van der Waals surface area contributed by atoms with Gasteiger partial charge in [-0.3, -0.25) is 9.78 Å². The van der Waals surface area contributed by atoms with Crippen molar-refractivity contribution in [1.82, 2.24) is 20.6 Å². The predicted octanol–water partition coefficient (Wildman–Crippen LogP) is 6.43. The van der Waals surface area contributed by atoms with Crippen LogP contribution in [0.15, 0.2) is 54.7 Å². The minimum absolute atomic E-state index is 0.209. The summed E-state index contributed by atoms with van der Waals surface area (Å²) in [5.74, 6) is -0.209. The summed E-state index contributed by atoms with van der Waals surface area (Å²) in [4.78, 5) is 34.0. The lowest BCUT2D eigenvalue weighted by Gasteiger charge is -2.23. The van der Waals surface area contributed by atoms with Crippen LogP contribution in [0, 0.1) is 0 Å². The fraction of sp³-hybridized carbons (Fsp3) is 0.441. The van der Waals surface area contributed by atoms with E-state index in [9.17, 15) is 9.59 Å². The van der Waals surface area contributed by atoms with Crippen LogP contribution in [-0.2, 0) is 28.8 Å². The van der Waals surface area contributed by atoms with Crippen LogP contribution >= 0.6 is 0 Å². The number of pyridine rings is 1. The van der Waals surface area contributed by atoms with Crippen LogP contribution in [0.25, 0.3) is 21.8 Å². The maximum Gasteiger partial charge on any atom is 0.408 e. The van der Waals surface area contributed by atoms with Crippen LogP contribution in [0.1, 0.15) is 69.7 Å². The van der Waals surface area contributed by atoms with E-state index in [4.69, 9.17) is 9.72 Å². The van der Waals surface area contributed by atoms with E-state index in [1.807, 2.05) is 51.2 Å². The number of aromatic amines is 1. The Hall–Kier alpha value is -4.07. The van der Waals surface area contributed by atoms with Crippen molar-refractivity contribution in [2.24, 2.45) is 0 Å². The number of para-hydroxylation sites is 2. The van der Waals surface area contributed by atoms with E-state index in [-0.39, 0.29) is 5.91 Å². The molecule has 2 heterocycles. The van der Waals surface area contributed by atoms with Gasteiger partial charge in [-0.15, -0.1) is 0 Å². The average Bonchev–Trinajstić information content (AvgIpc) is 3.37. The third-order valence-electron chi connectivity index (χ3n) is 7.73. The summed E-state index contributed by atoms with van der Waals surface area (Å²) in [6, 6.07) is 15.6. The average molecular weight is 570 g/mol. The van der Waals surface area contributed by atoms with Gasteiger partial charge in [0.05, 0.1) is 5.52 Å². The van der Waals surface area contributed by atoms with Gasteiger partial charge in [0, 0.05) is 53.4 Å². The van der Waals surface area contributed by atoms with Gasteiger partial charge in [-0.05, 0) is 89.0 Å². The first-order valence-corrected chi connectivity index (χ1v) is 15.2. The molecule has 1 aliphatic carbocycles.